The van der Waals surface area contributed by atoms with E-state index in [0.29, 0.717) is 5.69 Å². The number of piperazine rings is 1. The summed E-state index contributed by atoms with van der Waals surface area (Å²) in [5.41, 5.74) is 2.63. The van der Waals surface area contributed by atoms with Gasteiger partial charge in [0, 0.05) is 48.0 Å². The van der Waals surface area contributed by atoms with Crippen LogP contribution in [0, 0.1) is 12.7 Å². The average molecular weight is 477 g/mol. The van der Waals surface area contributed by atoms with Crippen molar-refractivity contribution in [1.82, 2.24) is 15.0 Å². The molecule has 0 bridgehead atoms. The molecule has 0 spiro atoms. The van der Waals surface area contributed by atoms with E-state index in [-0.39, 0.29) is 17.1 Å². The van der Waals surface area contributed by atoms with Gasteiger partial charge in [-0.3, -0.25) is 0 Å². The zero-order chi connectivity index (χ0) is 20.5. The Balaban J connectivity index is 1.57. The fourth-order valence-electron chi connectivity index (χ4n) is 3.68. The highest BCUT2D eigenvalue weighted by atomic mass is 79.9. The Morgan fingerprint density at radius 3 is 2.59 bits per heavy atom. The molecule has 150 valence electrons. The minimum absolute atomic E-state index is 0.182. The highest BCUT2D eigenvalue weighted by Crippen LogP contribution is 2.28. The van der Waals surface area contributed by atoms with Crippen LogP contribution in [0.1, 0.15) is 12.5 Å². The topological polar surface area (TPSA) is 45.2 Å². The molecule has 0 aliphatic carbocycles. The van der Waals surface area contributed by atoms with Crippen molar-refractivity contribution in [3.63, 3.8) is 0 Å². The normalized spacial score (nSPS) is 16.9. The molecular formula is C21H20BrClFN5. The largest absolute Gasteiger partial charge is 0.353 e. The van der Waals surface area contributed by atoms with Gasteiger partial charge in [-0.1, -0.05) is 0 Å². The van der Waals surface area contributed by atoms with Crippen LogP contribution in [-0.4, -0.2) is 40.6 Å². The summed E-state index contributed by atoms with van der Waals surface area (Å²) in [5, 5.41) is 0.182. The van der Waals surface area contributed by atoms with Crippen molar-refractivity contribution in [2.24, 2.45) is 0 Å². The average Bonchev–Trinajstić information content (AvgIpc) is 2.68. The van der Waals surface area contributed by atoms with Crippen LogP contribution in [0.3, 0.4) is 0 Å². The summed E-state index contributed by atoms with van der Waals surface area (Å²) in [6.07, 6.45) is 1.83. The molecule has 1 aliphatic heterocycles. The van der Waals surface area contributed by atoms with E-state index >= 15 is 0 Å². The molecule has 1 aliphatic rings. The van der Waals surface area contributed by atoms with Gasteiger partial charge >= 0.3 is 0 Å². The van der Waals surface area contributed by atoms with Gasteiger partial charge in [-0.15, -0.1) is 0 Å². The van der Waals surface area contributed by atoms with Crippen molar-refractivity contribution in [2.75, 3.05) is 29.4 Å². The molecule has 0 N–H and O–H groups in total. The van der Waals surface area contributed by atoms with Crippen LogP contribution in [0.25, 0.3) is 11.3 Å². The lowest BCUT2D eigenvalue weighted by Crippen LogP contribution is -2.52. The number of pyridine rings is 1. The van der Waals surface area contributed by atoms with Gasteiger partial charge in [-0.2, -0.15) is 0 Å². The maximum absolute atomic E-state index is 13.3. The van der Waals surface area contributed by atoms with Gasteiger partial charge in [-0.05, 0) is 77.3 Å². The first-order chi connectivity index (χ1) is 13.9. The first kappa shape index (κ1) is 20.0. The monoisotopic (exact) mass is 475 g/mol. The number of benzene rings is 1. The number of aromatic nitrogens is 3. The Kier molecular flexibility index (Phi) is 5.69. The second-order valence-corrected chi connectivity index (χ2v) is 8.42. The predicted octanol–water partition coefficient (Wildman–Crippen LogP) is 5.12. The van der Waals surface area contributed by atoms with E-state index in [2.05, 4.69) is 60.6 Å². The number of nitrogens with zero attached hydrogens (tertiary/aromatic N) is 5. The zero-order valence-electron chi connectivity index (χ0n) is 16.1. The number of aryl methyl sites for hydroxylation is 1. The number of hydrogen-bond acceptors (Lipinski definition) is 5. The molecular weight excluding hydrogens is 457 g/mol. The van der Waals surface area contributed by atoms with Crippen molar-refractivity contribution in [2.45, 2.75) is 19.9 Å². The van der Waals surface area contributed by atoms with Gasteiger partial charge < -0.3 is 9.80 Å². The smallest absolute Gasteiger partial charge is 0.224 e. The van der Waals surface area contributed by atoms with Crippen molar-refractivity contribution in [3.8, 4) is 11.3 Å². The zero-order valence-corrected chi connectivity index (χ0v) is 18.5. The molecule has 2 aromatic heterocycles. The molecule has 0 unspecified atom stereocenters. The predicted molar refractivity (Wildman–Crippen MR) is 118 cm³/mol. The summed E-state index contributed by atoms with van der Waals surface area (Å²) in [7, 11) is 0. The van der Waals surface area contributed by atoms with Crippen LogP contribution < -0.4 is 9.80 Å². The summed E-state index contributed by atoms with van der Waals surface area (Å²) >= 11 is 9.68. The highest BCUT2D eigenvalue weighted by molar-refractivity contribution is 9.10. The van der Waals surface area contributed by atoms with Crippen molar-refractivity contribution in [3.05, 3.63) is 63.7 Å². The van der Waals surface area contributed by atoms with Crippen molar-refractivity contribution < 1.29 is 4.39 Å². The fraction of sp³-hybridized carbons (Fsp3) is 0.286. The SMILES string of the molecule is Cc1cc(Br)cnc1N1CCN(c2cc(-c3ccc(F)cc3)nc(Cl)n2)[C@H](C)C1. The van der Waals surface area contributed by atoms with Crippen LogP contribution >= 0.6 is 27.5 Å². The molecule has 4 rings (SSSR count). The Hall–Kier alpha value is -2.25. The van der Waals surface area contributed by atoms with E-state index in [4.69, 9.17) is 11.6 Å². The minimum atomic E-state index is -0.282. The maximum atomic E-state index is 13.3. The van der Waals surface area contributed by atoms with Gasteiger partial charge in [-0.25, -0.2) is 19.3 Å². The van der Waals surface area contributed by atoms with E-state index in [9.17, 15) is 4.39 Å². The van der Waals surface area contributed by atoms with E-state index in [0.717, 1.165) is 46.9 Å². The Labute approximate surface area is 182 Å². The fourth-order valence-corrected chi connectivity index (χ4v) is 4.30. The third-order valence-electron chi connectivity index (χ3n) is 5.06. The Morgan fingerprint density at radius 2 is 1.90 bits per heavy atom. The molecule has 3 aromatic rings. The minimum Gasteiger partial charge on any atom is -0.353 e. The summed E-state index contributed by atoms with van der Waals surface area (Å²) in [6.45, 7) is 6.67. The molecule has 29 heavy (non-hydrogen) atoms. The third kappa shape index (κ3) is 4.36. The Bertz CT molecular complexity index is 1030. The highest BCUT2D eigenvalue weighted by Gasteiger charge is 2.27. The van der Waals surface area contributed by atoms with Crippen molar-refractivity contribution in [1.29, 1.82) is 0 Å². The lowest BCUT2D eigenvalue weighted by Gasteiger charge is -2.41. The summed E-state index contributed by atoms with van der Waals surface area (Å²) in [6, 6.07) is 10.4. The van der Waals surface area contributed by atoms with Crippen LogP contribution in [0.4, 0.5) is 16.0 Å². The molecule has 1 atom stereocenters. The standard InChI is InChI=1S/C21H20BrClFN5/c1-13-9-16(22)11-25-20(13)28-7-8-29(14(2)12-28)19-10-18(26-21(23)27-19)15-3-5-17(24)6-4-15/h3-6,9-11,14H,7-8,12H2,1-2H3/t14-/m1/s1. The lowest BCUT2D eigenvalue weighted by molar-refractivity contribution is 0.541. The molecule has 0 amide bonds. The molecule has 8 heteroatoms. The van der Waals surface area contributed by atoms with E-state index in [1.165, 1.54) is 12.1 Å². The number of anilines is 2. The summed E-state index contributed by atoms with van der Waals surface area (Å²) < 4.78 is 14.2. The van der Waals surface area contributed by atoms with Crippen molar-refractivity contribution >= 4 is 39.2 Å². The number of hydrogen-bond donors (Lipinski definition) is 0. The second kappa shape index (κ2) is 8.24. The number of rotatable bonds is 3. The van der Waals surface area contributed by atoms with Gasteiger partial charge in [0.25, 0.3) is 0 Å². The summed E-state index contributed by atoms with van der Waals surface area (Å²) in [5.74, 6) is 1.50. The van der Waals surface area contributed by atoms with Gasteiger partial charge in [0.1, 0.15) is 17.5 Å². The molecule has 1 fully saturated rings. The van der Waals surface area contributed by atoms with Gasteiger partial charge in [0.2, 0.25) is 5.28 Å². The molecule has 1 saturated heterocycles. The molecule has 0 saturated carbocycles. The maximum Gasteiger partial charge on any atom is 0.224 e. The van der Waals surface area contributed by atoms with Gasteiger partial charge in [0.05, 0.1) is 5.69 Å². The van der Waals surface area contributed by atoms with Crippen LogP contribution in [0.2, 0.25) is 5.28 Å². The molecule has 0 radical (unpaired) electrons. The van der Waals surface area contributed by atoms with Crippen LogP contribution in [0.5, 0.6) is 0 Å². The van der Waals surface area contributed by atoms with Crippen LogP contribution in [-0.2, 0) is 0 Å². The third-order valence-corrected chi connectivity index (χ3v) is 5.67. The second-order valence-electron chi connectivity index (χ2n) is 7.17. The Morgan fingerprint density at radius 1 is 1.14 bits per heavy atom. The van der Waals surface area contributed by atoms with E-state index in [1.807, 2.05) is 12.3 Å². The molecule has 3 heterocycles. The van der Waals surface area contributed by atoms with E-state index in [1.54, 1.807) is 12.1 Å². The number of halogens is 3. The first-order valence-electron chi connectivity index (χ1n) is 9.35. The molecule has 5 nitrogen and oxygen atoms in total. The quantitative estimate of drug-likeness (QED) is 0.491. The van der Waals surface area contributed by atoms with E-state index < -0.39 is 0 Å². The first-order valence-corrected chi connectivity index (χ1v) is 10.5. The lowest BCUT2D eigenvalue weighted by atomic mass is 10.1. The summed E-state index contributed by atoms with van der Waals surface area (Å²) in [4.78, 5) is 17.9. The van der Waals surface area contributed by atoms with Gasteiger partial charge in [0.15, 0.2) is 0 Å². The van der Waals surface area contributed by atoms with Crippen LogP contribution in [0.15, 0.2) is 47.1 Å². The molecule has 1 aromatic carbocycles.